The first kappa shape index (κ1) is 16.1. The van der Waals surface area contributed by atoms with Gasteiger partial charge in [-0.1, -0.05) is 13.5 Å². The molecule has 0 aliphatic heterocycles. The molecule has 0 spiro atoms. The van der Waals surface area contributed by atoms with Crippen molar-refractivity contribution in [1.29, 1.82) is 0 Å². The van der Waals surface area contributed by atoms with Gasteiger partial charge in [0.2, 0.25) is 0 Å². The van der Waals surface area contributed by atoms with Crippen LogP contribution in [-0.2, 0) is 9.68 Å². The molecule has 4 nitrogen and oxygen atoms in total. The van der Waals surface area contributed by atoms with Crippen LogP contribution in [0.1, 0.15) is 40.0 Å². The molecule has 4 atom stereocenters. The van der Waals surface area contributed by atoms with Crippen molar-refractivity contribution < 1.29 is 20.0 Å². The van der Waals surface area contributed by atoms with Crippen molar-refractivity contribution in [2.75, 3.05) is 0 Å². The zero-order chi connectivity index (χ0) is 14.6. The smallest absolute Gasteiger partial charge is 0.159 e. The van der Waals surface area contributed by atoms with E-state index in [4.69, 9.17) is 5.26 Å². The molecule has 0 aromatic rings. The van der Waals surface area contributed by atoms with E-state index in [1.165, 1.54) is 0 Å². The van der Waals surface area contributed by atoms with E-state index in [2.05, 4.69) is 11.5 Å². The van der Waals surface area contributed by atoms with Gasteiger partial charge >= 0.3 is 0 Å². The van der Waals surface area contributed by atoms with Gasteiger partial charge in [0.15, 0.2) is 5.78 Å². The van der Waals surface area contributed by atoms with Crippen molar-refractivity contribution in [3.05, 3.63) is 23.8 Å². The molecule has 2 N–H and O–H groups in total. The number of allylic oxidation sites excluding steroid dienone is 1. The highest BCUT2D eigenvalue weighted by Gasteiger charge is 2.31. The second-order valence-electron chi connectivity index (χ2n) is 5.64. The van der Waals surface area contributed by atoms with E-state index in [-0.39, 0.29) is 23.7 Å². The lowest BCUT2D eigenvalue weighted by Gasteiger charge is -2.29. The summed E-state index contributed by atoms with van der Waals surface area (Å²) in [6.07, 6.45) is 2.50. The lowest BCUT2D eigenvalue weighted by molar-refractivity contribution is -0.270. The van der Waals surface area contributed by atoms with Crippen LogP contribution in [0.3, 0.4) is 0 Å². The molecule has 0 bridgehead atoms. The van der Waals surface area contributed by atoms with Crippen LogP contribution in [0.5, 0.6) is 0 Å². The van der Waals surface area contributed by atoms with Crippen LogP contribution < -0.4 is 0 Å². The van der Waals surface area contributed by atoms with E-state index in [0.29, 0.717) is 12.8 Å². The van der Waals surface area contributed by atoms with E-state index in [9.17, 15) is 9.90 Å². The summed E-state index contributed by atoms with van der Waals surface area (Å²) in [5.74, 6) is 0.0822. The molecule has 1 rings (SSSR count). The third kappa shape index (κ3) is 4.27. The quantitative estimate of drug-likeness (QED) is 0.441. The number of hydrogen-bond donors (Lipinski definition) is 2. The number of hydrogen-bond acceptors (Lipinski definition) is 4. The maximum absolute atomic E-state index is 12.0. The summed E-state index contributed by atoms with van der Waals surface area (Å²) in [7, 11) is 0. The number of aliphatic hydroxyl groups excluding tert-OH is 1. The van der Waals surface area contributed by atoms with Gasteiger partial charge in [-0.05, 0) is 56.3 Å². The molecule has 108 valence electrons. The third-order valence-corrected chi connectivity index (χ3v) is 3.99. The first-order valence-electron chi connectivity index (χ1n) is 6.72. The number of carbonyl (C=O) groups is 1. The maximum atomic E-state index is 12.0. The molecule has 0 aromatic carbocycles. The van der Waals surface area contributed by atoms with Crippen LogP contribution in [0.2, 0.25) is 0 Å². The summed E-state index contributed by atoms with van der Waals surface area (Å²) in [4.78, 5) is 16.3. The van der Waals surface area contributed by atoms with Crippen LogP contribution in [0, 0.1) is 11.8 Å². The van der Waals surface area contributed by atoms with Gasteiger partial charge in [-0.25, -0.2) is 4.89 Å². The van der Waals surface area contributed by atoms with E-state index in [1.54, 1.807) is 19.9 Å². The van der Waals surface area contributed by atoms with Gasteiger partial charge in [0.05, 0.1) is 6.10 Å². The van der Waals surface area contributed by atoms with E-state index in [1.807, 2.05) is 6.92 Å². The van der Waals surface area contributed by atoms with Gasteiger partial charge in [0.1, 0.15) is 6.10 Å². The Balaban J connectivity index is 2.57. The topological polar surface area (TPSA) is 66.8 Å². The van der Waals surface area contributed by atoms with Gasteiger partial charge in [-0.15, -0.1) is 0 Å². The van der Waals surface area contributed by atoms with Crippen LogP contribution in [0.15, 0.2) is 23.8 Å². The molecule has 0 heterocycles. The highest BCUT2D eigenvalue weighted by atomic mass is 17.1. The lowest BCUT2D eigenvalue weighted by Crippen LogP contribution is -2.31. The Morgan fingerprint density at radius 3 is 2.74 bits per heavy atom. The summed E-state index contributed by atoms with van der Waals surface area (Å²) >= 11 is 0. The lowest BCUT2D eigenvalue weighted by atomic mass is 9.77. The molecular weight excluding hydrogens is 244 g/mol. The average molecular weight is 268 g/mol. The van der Waals surface area contributed by atoms with E-state index in [0.717, 1.165) is 17.6 Å². The van der Waals surface area contributed by atoms with Crippen LogP contribution >= 0.6 is 0 Å². The summed E-state index contributed by atoms with van der Waals surface area (Å²) in [6.45, 7) is 9.33. The fourth-order valence-electron chi connectivity index (χ4n) is 2.49. The Hall–Kier alpha value is -0.970. The molecule has 0 amide bonds. The minimum atomic E-state index is -0.517. The first-order valence-corrected chi connectivity index (χ1v) is 6.72. The van der Waals surface area contributed by atoms with Gasteiger partial charge in [0.25, 0.3) is 0 Å². The molecule has 0 radical (unpaired) electrons. The standard InChI is InChI=1S/C15H24O4/c1-9(2)15(19-18)6-5-10(3)12-8-13(16)11(4)7-14(12)17/h7,10,12-13,15-16,18H,1,5-6,8H2,2-4H3/t10-,12+,13-,15+/m1/s1. The predicted octanol–water partition coefficient (Wildman–Crippen LogP) is 2.73. The monoisotopic (exact) mass is 268 g/mol. The Morgan fingerprint density at radius 2 is 2.21 bits per heavy atom. The Labute approximate surface area is 114 Å². The fourth-order valence-corrected chi connectivity index (χ4v) is 2.49. The number of ketones is 1. The summed E-state index contributed by atoms with van der Waals surface area (Å²) < 4.78 is 0. The first-order chi connectivity index (χ1) is 8.86. The molecule has 1 aliphatic carbocycles. The van der Waals surface area contributed by atoms with Crippen molar-refractivity contribution in [2.45, 2.75) is 52.2 Å². The maximum Gasteiger partial charge on any atom is 0.159 e. The fraction of sp³-hybridized carbons (Fsp3) is 0.667. The third-order valence-electron chi connectivity index (χ3n) is 3.99. The normalized spacial score (nSPS) is 26.8. The van der Waals surface area contributed by atoms with Crippen LogP contribution in [0.25, 0.3) is 0 Å². The number of carbonyl (C=O) groups excluding carboxylic acids is 1. The number of aliphatic hydroxyl groups is 1. The van der Waals surface area contributed by atoms with Crippen LogP contribution in [-0.4, -0.2) is 28.4 Å². The minimum Gasteiger partial charge on any atom is -0.389 e. The Morgan fingerprint density at radius 1 is 1.58 bits per heavy atom. The van der Waals surface area contributed by atoms with E-state index < -0.39 is 6.10 Å². The molecule has 0 unspecified atom stereocenters. The SMILES string of the molecule is C=C(C)[C@H](CC[C@@H](C)[C@@H]1C[C@@H](O)C(C)=CC1=O)OO. The van der Waals surface area contributed by atoms with Gasteiger partial charge < -0.3 is 5.11 Å². The predicted molar refractivity (Wildman–Crippen MR) is 73.6 cm³/mol. The Bertz CT molecular complexity index is 372. The largest absolute Gasteiger partial charge is 0.389 e. The highest BCUT2D eigenvalue weighted by Crippen LogP contribution is 2.30. The molecule has 4 heteroatoms. The van der Waals surface area contributed by atoms with E-state index >= 15 is 0 Å². The molecule has 0 saturated heterocycles. The second-order valence-corrected chi connectivity index (χ2v) is 5.64. The summed E-state index contributed by atoms with van der Waals surface area (Å²) in [5, 5.41) is 18.6. The molecule has 0 fully saturated rings. The minimum absolute atomic E-state index is 0.0899. The average Bonchev–Trinajstić information content (AvgIpc) is 2.33. The Kier molecular flexibility index (Phi) is 5.91. The van der Waals surface area contributed by atoms with Crippen LogP contribution in [0.4, 0.5) is 0 Å². The van der Waals surface area contributed by atoms with Crippen molar-refractivity contribution in [3.63, 3.8) is 0 Å². The van der Waals surface area contributed by atoms with Crippen molar-refractivity contribution in [1.82, 2.24) is 0 Å². The molecular formula is C15H24O4. The van der Waals surface area contributed by atoms with Crippen molar-refractivity contribution >= 4 is 5.78 Å². The highest BCUT2D eigenvalue weighted by molar-refractivity contribution is 5.93. The summed E-state index contributed by atoms with van der Waals surface area (Å²) in [5.41, 5.74) is 1.51. The number of rotatable bonds is 6. The van der Waals surface area contributed by atoms with Gasteiger partial charge in [0, 0.05) is 5.92 Å². The second kappa shape index (κ2) is 6.98. The molecule has 0 aromatic heterocycles. The molecule has 0 saturated carbocycles. The van der Waals surface area contributed by atoms with Crippen molar-refractivity contribution in [3.8, 4) is 0 Å². The summed E-state index contributed by atoms with van der Waals surface area (Å²) in [6, 6.07) is 0. The zero-order valence-electron chi connectivity index (χ0n) is 11.9. The molecule has 19 heavy (non-hydrogen) atoms. The van der Waals surface area contributed by atoms with Gasteiger partial charge in [-0.2, -0.15) is 0 Å². The van der Waals surface area contributed by atoms with Crippen molar-refractivity contribution in [2.24, 2.45) is 11.8 Å². The zero-order valence-corrected chi connectivity index (χ0v) is 11.9. The molecule has 1 aliphatic rings. The van der Waals surface area contributed by atoms with Gasteiger partial charge in [-0.3, -0.25) is 10.1 Å².